The maximum Gasteiger partial charge on any atom is 0.299 e. The molecule has 5 nitrogen and oxygen atoms in total. The summed E-state index contributed by atoms with van der Waals surface area (Å²) < 4.78 is 6.64. The number of hydrogen-bond acceptors (Lipinski definition) is 5. The second kappa shape index (κ2) is 6.93. The Morgan fingerprint density at radius 2 is 2.00 bits per heavy atom. The number of rotatable bonds is 5. The van der Waals surface area contributed by atoms with Crippen LogP contribution in [0.4, 0.5) is 0 Å². The molecule has 2 aromatic carbocycles. The lowest BCUT2D eigenvalue weighted by Crippen LogP contribution is -1.97. The van der Waals surface area contributed by atoms with Crippen LogP contribution in [0.5, 0.6) is 5.88 Å². The number of ether oxygens (including phenoxy) is 1. The molecule has 4 aromatic rings. The minimum absolute atomic E-state index is 0.273. The summed E-state index contributed by atoms with van der Waals surface area (Å²) in [7, 11) is 0. The molecule has 0 saturated carbocycles. The number of thiazole rings is 1. The molecule has 0 amide bonds. The van der Waals surface area contributed by atoms with E-state index in [0.717, 1.165) is 27.7 Å². The van der Waals surface area contributed by atoms with Gasteiger partial charge in [-0.25, -0.2) is 4.68 Å². The average Bonchev–Trinajstić information content (AvgIpc) is 3.27. The van der Waals surface area contributed by atoms with Crippen LogP contribution in [-0.2, 0) is 4.79 Å². The molecule has 0 fully saturated rings. The van der Waals surface area contributed by atoms with Gasteiger partial charge in [0.15, 0.2) is 0 Å². The van der Waals surface area contributed by atoms with E-state index in [-0.39, 0.29) is 5.88 Å². The van der Waals surface area contributed by atoms with Gasteiger partial charge in [-0.05, 0) is 24.6 Å². The Labute approximate surface area is 154 Å². The average molecular weight is 361 g/mol. The van der Waals surface area contributed by atoms with Crippen LogP contribution in [0.15, 0.2) is 60.0 Å². The smallest absolute Gasteiger partial charge is 0.299 e. The first-order chi connectivity index (χ1) is 12.8. The Morgan fingerprint density at radius 1 is 1.15 bits per heavy atom. The van der Waals surface area contributed by atoms with Crippen LogP contribution in [0.3, 0.4) is 0 Å². The third-order valence-electron chi connectivity index (χ3n) is 3.93. The van der Waals surface area contributed by atoms with E-state index in [2.05, 4.69) is 23.2 Å². The topological polar surface area (TPSA) is 57.0 Å². The Balaban J connectivity index is 1.95. The van der Waals surface area contributed by atoms with Gasteiger partial charge in [0.1, 0.15) is 5.69 Å². The van der Waals surface area contributed by atoms with E-state index in [4.69, 9.17) is 9.84 Å². The van der Waals surface area contributed by atoms with E-state index in [1.165, 1.54) is 11.3 Å². The van der Waals surface area contributed by atoms with E-state index in [0.29, 0.717) is 11.6 Å². The van der Waals surface area contributed by atoms with E-state index in [9.17, 15) is 4.79 Å². The predicted molar refractivity (Wildman–Crippen MR) is 104 cm³/mol. The number of carbonyl (C=O) groups is 1. The molecule has 0 aliphatic rings. The molecule has 4 rings (SSSR count). The van der Waals surface area contributed by atoms with E-state index in [1.54, 1.807) is 10.1 Å². The standard InChI is InChI=1S/C20H15N3O2S/c1-2-6-14-9-10-16-17(11-14)23(20-21-18(12-26-20)25-13-24)22-19(16)15-7-4-3-5-8-15/h2-13H,1H3. The second-order valence-electron chi connectivity index (χ2n) is 5.59. The lowest BCUT2D eigenvalue weighted by molar-refractivity contribution is -0.120. The molecule has 6 heteroatoms. The number of aromatic nitrogens is 3. The summed E-state index contributed by atoms with van der Waals surface area (Å²) in [5.74, 6) is 0.273. The molecule has 128 valence electrons. The molecule has 0 bridgehead atoms. The number of carbonyl (C=O) groups excluding carboxylic acids is 1. The molecule has 0 spiro atoms. The maximum absolute atomic E-state index is 10.6. The summed E-state index contributed by atoms with van der Waals surface area (Å²) in [6.07, 6.45) is 4.04. The summed E-state index contributed by atoms with van der Waals surface area (Å²) >= 11 is 1.37. The highest BCUT2D eigenvalue weighted by molar-refractivity contribution is 7.12. The van der Waals surface area contributed by atoms with Gasteiger partial charge in [0.05, 0.1) is 10.9 Å². The molecule has 0 unspecified atom stereocenters. The van der Waals surface area contributed by atoms with Gasteiger partial charge >= 0.3 is 0 Å². The van der Waals surface area contributed by atoms with Crippen LogP contribution < -0.4 is 4.74 Å². The van der Waals surface area contributed by atoms with E-state index >= 15 is 0 Å². The zero-order valence-electron chi connectivity index (χ0n) is 14.0. The normalized spacial score (nSPS) is 11.3. The zero-order chi connectivity index (χ0) is 17.9. The first-order valence-electron chi connectivity index (χ1n) is 8.07. The van der Waals surface area contributed by atoms with E-state index < -0.39 is 0 Å². The van der Waals surface area contributed by atoms with Gasteiger partial charge in [0.25, 0.3) is 6.47 Å². The Hall–Kier alpha value is -3.25. The minimum atomic E-state index is 0.273. The molecule has 26 heavy (non-hydrogen) atoms. The van der Waals surface area contributed by atoms with Gasteiger partial charge in [-0.3, -0.25) is 4.79 Å². The summed E-state index contributed by atoms with van der Waals surface area (Å²) in [4.78, 5) is 14.9. The largest absolute Gasteiger partial charge is 0.409 e. The molecule has 0 N–H and O–H groups in total. The van der Waals surface area contributed by atoms with Crippen molar-refractivity contribution in [1.29, 1.82) is 0 Å². The zero-order valence-corrected chi connectivity index (χ0v) is 14.8. The SMILES string of the molecule is CC=Cc1ccc2c(-c3ccccc3)nn(-c3nc(OC=O)cs3)c2c1. The number of benzene rings is 2. The van der Waals surface area contributed by atoms with Crippen LogP contribution >= 0.6 is 11.3 Å². The molecular weight excluding hydrogens is 346 g/mol. The molecule has 2 aromatic heterocycles. The predicted octanol–water partition coefficient (Wildman–Crippen LogP) is 4.72. The fraction of sp³-hybridized carbons (Fsp3) is 0.0500. The first kappa shape index (κ1) is 16.2. The highest BCUT2D eigenvalue weighted by atomic mass is 32.1. The van der Waals surface area contributed by atoms with Gasteiger partial charge in [-0.15, -0.1) is 0 Å². The number of allylic oxidation sites excluding steroid dienone is 1. The third kappa shape index (κ3) is 2.91. The lowest BCUT2D eigenvalue weighted by atomic mass is 10.1. The van der Waals surface area contributed by atoms with Crippen molar-refractivity contribution in [3.8, 4) is 22.3 Å². The number of nitrogens with zero attached hydrogens (tertiary/aromatic N) is 3. The van der Waals surface area contributed by atoms with Crippen molar-refractivity contribution < 1.29 is 9.53 Å². The molecule has 0 saturated heterocycles. The Bertz CT molecular complexity index is 1100. The van der Waals surface area contributed by atoms with Gasteiger partial charge in [0.2, 0.25) is 11.0 Å². The van der Waals surface area contributed by atoms with Crippen molar-refractivity contribution in [2.24, 2.45) is 0 Å². The quantitative estimate of drug-likeness (QED) is 0.483. The van der Waals surface area contributed by atoms with Crippen molar-refractivity contribution in [3.05, 3.63) is 65.6 Å². The molecule has 2 heterocycles. The van der Waals surface area contributed by atoms with Gasteiger partial charge in [-0.2, -0.15) is 10.1 Å². The summed E-state index contributed by atoms with van der Waals surface area (Å²) in [5, 5.41) is 8.18. The Morgan fingerprint density at radius 3 is 2.77 bits per heavy atom. The molecular formula is C20H15N3O2S. The Kier molecular flexibility index (Phi) is 4.33. The molecule has 0 aliphatic carbocycles. The van der Waals surface area contributed by atoms with Crippen LogP contribution in [0.25, 0.3) is 33.4 Å². The van der Waals surface area contributed by atoms with Gasteiger partial charge < -0.3 is 4.74 Å². The van der Waals surface area contributed by atoms with Crippen molar-refractivity contribution in [1.82, 2.24) is 14.8 Å². The molecule has 0 atom stereocenters. The van der Waals surface area contributed by atoms with Crippen molar-refractivity contribution in [2.45, 2.75) is 6.92 Å². The molecule has 0 radical (unpaired) electrons. The minimum Gasteiger partial charge on any atom is -0.409 e. The lowest BCUT2D eigenvalue weighted by Gasteiger charge is -1.99. The highest BCUT2D eigenvalue weighted by Crippen LogP contribution is 2.32. The van der Waals surface area contributed by atoms with Gasteiger partial charge in [-0.1, -0.05) is 59.9 Å². The second-order valence-corrected chi connectivity index (χ2v) is 6.42. The summed E-state index contributed by atoms with van der Waals surface area (Å²) in [6, 6.07) is 16.3. The molecule has 0 aliphatic heterocycles. The van der Waals surface area contributed by atoms with Crippen molar-refractivity contribution in [3.63, 3.8) is 0 Å². The number of fused-ring (bicyclic) bond motifs is 1. The van der Waals surface area contributed by atoms with Crippen LogP contribution in [0.1, 0.15) is 12.5 Å². The fourth-order valence-corrected chi connectivity index (χ4v) is 3.53. The summed E-state index contributed by atoms with van der Waals surface area (Å²) in [6.45, 7) is 2.36. The van der Waals surface area contributed by atoms with Crippen LogP contribution in [-0.4, -0.2) is 21.2 Å². The highest BCUT2D eigenvalue weighted by Gasteiger charge is 2.16. The van der Waals surface area contributed by atoms with Gasteiger partial charge in [0, 0.05) is 10.9 Å². The summed E-state index contributed by atoms with van der Waals surface area (Å²) in [5.41, 5.74) is 3.96. The van der Waals surface area contributed by atoms with Crippen LogP contribution in [0.2, 0.25) is 0 Å². The maximum atomic E-state index is 10.6. The fourth-order valence-electron chi connectivity index (χ4n) is 2.83. The first-order valence-corrected chi connectivity index (χ1v) is 8.95. The monoisotopic (exact) mass is 361 g/mol. The third-order valence-corrected chi connectivity index (χ3v) is 4.73. The van der Waals surface area contributed by atoms with Crippen molar-refractivity contribution in [2.75, 3.05) is 0 Å². The van der Waals surface area contributed by atoms with Crippen molar-refractivity contribution >= 4 is 34.8 Å². The number of hydrogen-bond donors (Lipinski definition) is 0. The van der Waals surface area contributed by atoms with Crippen LogP contribution in [0, 0.1) is 0 Å². The van der Waals surface area contributed by atoms with E-state index in [1.807, 2.05) is 49.4 Å².